The monoisotopic (exact) mass is 460 g/mol. The van der Waals surface area contributed by atoms with Gasteiger partial charge in [-0.15, -0.1) is 10.2 Å². The molecule has 0 aliphatic carbocycles. The average Bonchev–Trinajstić information content (AvgIpc) is 3.45. The zero-order valence-corrected chi connectivity index (χ0v) is 19.2. The van der Waals surface area contributed by atoms with E-state index in [1.54, 1.807) is 6.21 Å². The second-order valence-corrected chi connectivity index (χ2v) is 8.00. The largest absolute Gasteiger partial charge is 0.494 e. The maximum atomic E-state index is 12.3. The number of aromatic nitrogens is 4. The number of carbonyl (C=O) groups is 1. The summed E-state index contributed by atoms with van der Waals surface area (Å²) in [4.78, 5) is 12.3. The molecule has 0 unspecified atom stereocenters. The maximum absolute atomic E-state index is 12.3. The number of hydrogen-bond acceptors (Lipinski definition) is 6. The van der Waals surface area contributed by atoms with E-state index in [1.165, 1.54) is 11.8 Å². The van der Waals surface area contributed by atoms with Gasteiger partial charge in [0.25, 0.3) is 5.91 Å². The molecular weight excluding hydrogens is 436 g/mol. The molecule has 0 fully saturated rings. The molecule has 2 aromatic carbocycles. The fraction of sp³-hybridized carbons (Fsp3) is 0.167. The van der Waals surface area contributed by atoms with Crippen LogP contribution < -0.4 is 10.2 Å². The molecule has 0 radical (unpaired) electrons. The van der Waals surface area contributed by atoms with Crippen molar-refractivity contribution in [3.63, 3.8) is 0 Å². The van der Waals surface area contributed by atoms with Crippen LogP contribution in [-0.4, -0.2) is 43.8 Å². The van der Waals surface area contributed by atoms with E-state index in [9.17, 15) is 4.79 Å². The second-order valence-electron chi connectivity index (χ2n) is 7.06. The third-order valence-corrected chi connectivity index (χ3v) is 5.70. The summed E-state index contributed by atoms with van der Waals surface area (Å²) >= 11 is 1.30. The number of rotatable bonds is 9. The van der Waals surface area contributed by atoms with Gasteiger partial charge in [0.2, 0.25) is 0 Å². The topological polar surface area (TPSA) is 86.3 Å². The van der Waals surface area contributed by atoms with Crippen LogP contribution in [0.3, 0.4) is 0 Å². The zero-order valence-electron chi connectivity index (χ0n) is 18.4. The number of benzene rings is 2. The van der Waals surface area contributed by atoms with Gasteiger partial charge in [0.15, 0.2) is 11.0 Å². The first-order chi connectivity index (χ1) is 16.2. The van der Waals surface area contributed by atoms with E-state index in [-0.39, 0.29) is 11.7 Å². The van der Waals surface area contributed by atoms with Crippen LogP contribution in [0.2, 0.25) is 0 Å². The molecule has 0 saturated heterocycles. The van der Waals surface area contributed by atoms with Crippen molar-refractivity contribution in [2.24, 2.45) is 12.1 Å². The lowest BCUT2D eigenvalue weighted by Crippen LogP contribution is -2.20. The fourth-order valence-electron chi connectivity index (χ4n) is 3.17. The number of nitrogens with zero attached hydrogens (tertiary/aromatic N) is 5. The van der Waals surface area contributed by atoms with Crippen molar-refractivity contribution in [3.8, 4) is 22.8 Å². The molecule has 0 aliphatic heterocycles. The highest BCUT2D eigenvalue weighted by molar-refractivity contribution is 7.99. The predicted octanol–water partition coefficient (Wildman–Crippen LogP) is 3.91. The van der Waals surface area contributed by atoms with Gasteiger partial charge < -0.3 is 9.30 Å². The molecule has 4 aromatic rings. The Labute approximate surface area is 196 Å². The van der Waals surface area contributed by atoms with Crippen LogP contribution >= 0.6 is 11.8 Å². The molecule has 8 nitrogen and oxygen atoms in total. The van der Waals surface area contributed by atoms with Crippen LogP contribution in [0.15, 0.2) is 83.2 Å². The van der Waals surface area contributed by atoms with Crippen LogP contribution in [0.25, 0.3) is 17.1 Å². The number of thioether (sulfide) groups is 1. The lowest BCUT2D eigenvalue weighted by atomic mass is 10.2. The van der Waals surface area contributed by atoms with Gasteiger partial charge in [-0.3, -0.25) is 9.36 Å². The summed E-state index contributed by atoms with van der Waals surface area (Å²) in [6, 6.07) is 21.4. The van der Waals surface area contributed by atoms with E-state index in [2.05, 4.69) is 20.7 Å². The SMILES string of the molecule is CCOc1ccc(-n2c(SCC(=O)N/N=C\c3cccn3C)nnc2-c2ccccc2)cc1. The summed E-state index contributed by atoms with van der Waals surface area (Å²) in [6.45, 7) is 2.55. The Bertz CT molecular complexity index is 1230. The van der Waals surface area contributed by atoms with E-state index in [1.807, 2.05) is 96.0 Å². The maximum Gasteiger partial charge on any atom is 0.250 e. The molecule has 1 amide bonds. The second kappa shape index (κ2) is 10.6. The Morgan fingerprint density at radius 2 is 1.88 bits per heavy atom. The number of amides is 1. The molecule has 4 rings (SSSR count). The lowest BCUT2D eigenvalue weighted by molar-refractivity contribution is -0.118. The molecule has 1 N–H and O–H groups in total. The normalized spacial score (nSPS) is 11.1. The summed E-state index contributed by atoms with van der Waals surface area (Å²) < 4.78 is 9.41. The molecule has 2 heterocycles. The highest BCUT2D eigenvalue weighted by Crippen LogP contribution is 2.28. The highest BCUT2D eigenvalue weighted by Gasteiger charge is 2.17. The van der Waals surface area contributed by atoms with Crippen LogP contribution in [0.5, 0.6) is 5.75 Å². The van der Waals surface area contributed by atoms with Crippen LogP contribution in [0, 0.1) is 0 Å². The Kier molecular flexibility index (Phi) is 7.21. The molecule has 0 aliphatic rings. The molecule has 0 saturated carbocycles. The first-order valence-electron chi connectivity index (χ1n) is 10.5. The molecule has 2 aromatic heterocycles. The van der Waals surface area contributed by atoms with Gasteiger partial charge in [-0.2, -0.15) is 5.10 Å². The van der Waals surface area contributed by atoms with Crippen molar-refractivity contribution in [3.05, 3.63) is 78.6 Å². The average molecular weight is 461 g/mol. The summed E-state index contributed by atoms with van der Waals surface area (Å²) in [6.07, 6.45) is 3.52. The minimum atomic E-state index is -0.229. The van der Waals surface area contributed by atoms with E-state index >= 15 is 0 Å². The molecule has 0 spiro atoms. The Balaban J connectivity index is 1.52. The molecule has 9 heteroatoms. The van der Waals surface area contributed by atoms with E-state index in [0.717, 1.165) is 22.7 Å². The quantitative estimate of drug-likeness (QED) is 0.232. The van der Waals surface area contributed by atoms with Gasteiger partial charge in [-0.1, -0.05) is 42.1 Å². The van der Waals surface area contributed by atoms with Crippen molar-refractivity contribution in [1.82, 2.24) is 24.8 Å². The van der Waals surface area contributed by atoms with E-state index < -0.39 is 0 Å². The Morgan fingerprint density at radius 3 is 2.58 bits per heavy atom. The molecule has 0 bridgehead atoms. The fourth-order valence-corrected chi connectivity index (χ4v) is 3.91. The van der Waals surface area contributed by atoms with Gasteiger partial charge in [0, 0.05) is 24.5 Å². The first-order valence-corrected chi connectivity index (χ1v) is 11.4. The van der Waals surface area contributed by atoms with E-state index in [4.69, 9.17) is 4.74 Å². The number of hydrogen-bond donors (Lipinski definition) is 1. The van der Waals surface area contributed by atoms with Crippen LogP contribution in [-0.2, 0) is 11.8 Å². The van der Waals surface area contributed by atoms with Gasteiger partial charge in [0.05, 0.1) is 24.3 Å². The minimum absolute atomic E-state index is 0.147. The highest BCUT2D eigenvalue weighted by atomic mass is 32.2. The molecular formula is C24H24N6O2S. The molecule has 0 atom stereocenters. The van der Waals surface area contributed by atoms with Crippen molar-refractivity contribution < 1.29 is 9.53 Å². The standard InChI is InChI=1S/C24H24N6O2S/c1-3-32-21-13-11-19(12-14-21)30-23(18-8-5-4-6-9-18)27-28-24(30)33-17-22(31)26-25-16-20-10-7-15-29(20)2/h4-16H,3,17H2,1-2H3,(H,26,31)/b25-16-. The third-order valence-electron chi connectivity index (χ3n) is 4.77. The smallest absolute Gasteiger partial charge is 0.250 e. The Hall–Kier alpha value is -3.85. The van der Waals surface area contributed by atoms with Gasteiger partial charge in [-0.05, 0) is 43.3 Å². The number of carbonyl (C=O) groups excluding carboxylic acids is 1. The lowest BCUT2D eigenvalue weighted by Gasteiger charge is -2.11. The summed E-state index contributed by atoms with van der Waals surface area (Å²) in [7, 11) is 1.91. The number of hydrazone groups is 1. The van der Waals surface area contributed by atoms with Gasteiger partial charge >= 0.3 is 0 Å². The van der Waals surface area contributed by atoms with Crippen molar-refractivity contribution in [2.45, 2.75) is 12.1 Å². The Morgan fingerprint density at radius 1 is 1.09 bits per heavy atom. The number of nitrogens with one attached hydrogen (secondary N) is 1. The molecule has 33 heavy (non-hydrogen) atoms. The van der Waals surface area contributed by atoms with Gasteiger partial charge in [-0.25, -0.2) is 5.43 Å². The van der Waals surface area contributed by atoms with Gasteiger partial charge in [0.1, 0.15) is 5.75 Å². The van der Waals surface area contributed by atoms with Crippen LogP contribution in [0.4, 0.5) is 0 Å². The van der Waals surface area contributed by atoms with Crippen LogP contribution in [0.1, 0.15) is 12.6 Å². The molecule has 168 valence electrons. The minimum Gasteiger partial charge on any atom is -0.494 e. The number of ether oxygens (including phenoxy) is 1. The number of aryl methyl sites for hydroxylation is 1. The summed E-state index contributed by atoms with van der Waals surface area (Å²) in [5.41, 5.74) is 5.27. The predicted molar refractivity (Wildman–Crippen MR) is 130 cm³/mol. The van der Waals surface area contributed by atoms with Crippen molar-refractivity contribution in [2.75, 3.05) is 12.4 Å². The first kappa shape index (κ1) is 22.3. The zero-order chi connectivity index (χ0) is 23.0. The van der Waals surface area contributed by atoms with Crippen molar-refractivity contribution >= 4 is 23.9 Å². The summed E-state index contributed by atoms with van der Waals surface area (Å²) in [5, 5.41) is 13.4. The summed E-state index contributed by atoms with van der Waals surface area (Å²) in [5.74, 6) is 1.41. The van der Waals surface area contributed by atoms with Crippen molar-refractivity contribution in [1.29, 1.82) is 0 Å². The third kappa shape index (κ3) is 5.50. The van der Waals surface area contributed by atoms with E-state index in [0.29, 0.717) is 17.6 Å².